The van der Waals surface area contributed by atoms with E-state index in [1.165, 1.54) is 31.5 Å². The second-order valence-corrected chi connectivity index (χ2v) is 8.45. The number of aromatic nitrogens is 3. The molecule has 6 nitrogen and oxygen atoms in total. The first-order chi connectivity index (χ1) is 15.8. The molecule has 2 aromatic carbocycles. The van der Waals surface area contributed by atoms with Crippen molar-refractivity contribution in [2.45, 2.75) is 12.9 Å². The van der Waals surface area contributed by atoms with Crippen molar-refractivity contribution >= 4 is 48.8 Å². The Bertz CT molecular complexity index is 1350. The van der Waals surface area contributed by atoms with Crippen molar-refractivity contribution in [3.8, 4) is 16.9 Å². The van der Waals surface area contributed by atoms with E-state index in [2.05, 4.69) is 36.2 Å². The van der Waals surface area contributed by atoms with Gasteiger partial charge in [0.1, 0.15) is 10.4 Å². The first-order valence-corrected chi connectivity index (χ1v) is 10.9. The number of rotatable bonds is 6. The van der Waals surface area contributed by atoms with Gasteiger partial charge in [-0.3, -0.25) is 10.1 Å². The molecule has 0 radical (unpaired) electrons. The molecule has 0 atom stereocenters. The number of methoxy groups -OCH3 is 1. The van der Waals surface area contributed by atoms with Crippen molar-refractivity contribution in [3.63, 3.8) is 0 Å². The van der Waals surface area contributed by atoms with Crippen LogP contribution in [0.4, 0.5) is 22.7 Å². The number of fused-ring (bicyclic) bond motifs is 1. The van der Waals surface area contributed by atoms with E-state index < -0.39 is 18.8 Å². The summed E-state index contributed by atoms with van der Waals surface area (Å²) in [5, 5.41) is 2.78. The Kier molecular flexibility index (Phi) is 6.56. The van der Waals surface area contributed by atoms with Gasteiger partial charge in [0, 0.05) is 22.3 Å². The summed E-state index contributed by atoms with van der Waals surface area (Å²) in [7, 11) is 1.32. The third kappa shape index (κ3) is 4.81. The van der Waals surface area contributed by atoms with Crippen LogP contribution in [0, 0.1) is 0 Å². The maximum absolute atomic E-state index is 13.4. The second-order valence-electron chi connectivity index (χ2n) is 6.66. The first kappa shape index (κ1) is 23.1. The number of benzene rings is 2. The van der Waals surface area contributed by atoms with Crippen LogP contribution in [-0.2, 0) is 0 Å². The maximum Gasteiger partial charge on any atom is 0.263 e. The number of alkyl halides is 4. The summed E-state index contributed by atoms with van der Waals surface area (Å²) in [5.41, 5.74) is -0.314. The zero-order chi connectivity index (χ0) is 23.7. The van der Waals surface area contributed by atoms with Crippen LogP contribution >= 0.6 is 27.3 Å². The molecule has 0 saturated carbocycles. The third-order valence-electron chi connectivity index (χ3n) is 4.62. The summed E-state index contributed by atoms with van der Waals surface area (Å²) in [6.07, 6.45) is -4.17. The highest BCUT2D eigenvalue weighted by Gasteiger charge is 2.22. The SMILES string of the molecule is COc1ccc(C(F)F)cc1-c1cc(C(F)F)ccc1C(=O)Nc1nc2ncc(Br)nc2s1. The van der Waals surface area contributed by atoms with E-state index in [0.29, 0.717) is 15.1 Å². The molecular formula is C21H13BrF4N4O2S. The smallest absolute Gasteiger partial charge is 0.263 e. The van der Waals surface area contributed by atoms with Gasteiger partial charge in [-0.25, -0.2) is 27.5 Å². The Morgan fingerprint density at radius 3 is 2.36 bits per heavy atom. The number of anilines is 1. The lowest BCUT2D eigenvalue weighted by atomic mass is 9.94. The molecule has 0 unspecified atom stereocenters. The number of nitrogens with zero attached hydrogens (tertiary/aromatic N) is 3. The number of thiazole rings is 1. The zero-order valence-electron chi connectivity index (χ0n) is 16.7. The molecule has 0 aliphatic rings. The van der Waals surface area contributed by atoms with E-state index in [1.807, 2.05) is 0 Å². The van der Waals surface area contributed by atoms with Crippen LogP contribution < -0.4 is 10.1 Å². The number of nitrogens with one attached hydrogen (secondary N) is 1. The van der Waals surface area contributed by atoms with Crippen molar-refractivity contribution in [1.82, 2.24) is 15.0 Å². The average molecular weight is 541 g/mol. The molecule has 170 valence electrons. The van der Waals surface area contributed by atoms with Crippen LogP contribution in [-0.4, -0.2) is 28.0 Å². The van der Waals surface area contributed by atoms with E-state index in [4.69, 9.17) is 4.74 Å². The van der Waals surface area contributed by atoms with Gasteiger partial charge in [-0.05, 0) is 51.8 Å². The van der Waals surface area contributed by atoms with Crippen LogP contribution in [0.3, 0.4) is 0 Å². The minimum Gasteiger partial charge on any atom is -0.496 e. The van der Waals surface area contributed by atoms with Gasteiger partial charge in [-0.2, -0.15) is 4.98 Å². The Morgan fingerprint density at radius 2 is 1.70 bits per heavy atom. The minimum atomic E-state index is -2.83. The van der Waals surface area contributed by atoms with Gasteiger partial charge in [0.05, 0.1) is 13.3 Å². The molecule has 12 heteroatoms. The molecule has 0 bridgehead atoms. The highest BCUT2D eigenvalue weighted by Crippen LogP contribution is 2.38. The number of hydrogen-bond acceptors (Lipinski definition) is 6. The van der Waals surface area contributed by atoms with Gasteiger partial charge in [-0.1, -0.05) is 17.4 Å². The lowest BCUT2D eigenvalue weighted by molar-refractivity contribution is 0.102. The molecule has 0 fully saturated rings. The Labute approximate surface area is 196 Å². The van der Waals surface area contributed by atoms with Crippen molar-refractivity contribution in [2.24, 2.45) is 0 Å². The molecule has 2 heterocycles. The largest absolute Gasteiger partial charge is 0.496 e. The summed E-state index contributed by atoms with van der Waals surface area (Å²) in [5.74, 6) is -0.522. The Hall–Kier alpha value is -3.12. The average Bonchev–Trinajstić information content (AvgIpc) is 3.19. The lowest BCUT2D eigenvalue weighted by Crippen LogP contribution is -2.13. The molecule has 33 heavy (non-hydrogen) atoms. The summed E-state index contributed by atoms with van der Waals surface area (Å²) in [4.78, 5) is 26.0. The first-order valence-electron chi connectivity index (χ1n) is 9.25. The molecule has 4 aromatic rings. The van der Waals surface area contributed by atoms with Crippen molar-refractivity contribution in [3.05, 3.63) is 63.9 Å². The van der Waals surface area contributed by atoms with Crippen molar-refractivity contribution < 1.29 is 27.1 Å². The number of halogens is 5. The molecular weight excluding hydrogens is 528 g/mol. The molecule has 0 saturated heterocycles. The number of hydrogen-bond donors (Lipinski definition) is 1. The molecule has 1 amide bonds. The normalized spacial score (nSPS) is 11.4. The summed E-state index contributed by atoms with van der Waals surface area (Å²) in [6.45, 7) is 0. The van der Waals surface area contributed by atoms with E-state index in [0.717, 1.165) is 29.5 Å². The Balaban J connectivity index is 1.80. The van der Waals surface area contributed by atoms with Crippen molar-refractivity contribution in [2.75, 3.05) is 12.4 Å². The molecule has 0 aliphatic carbocycles. The van der Waals surface area contributed by atoms with Gasteiger partial charge < -0.3 is 4.74 Å². The fraction of sp³-hybridized carbons (Fsp3) is 0.143. The minimum absolute atomic E-state index is 0.0183. The van der Waals surface area contributed by atoms with Gasteiger partial charge in [0.15, 0.2) is 15.6 Å². The van der Waals surface area contributed by atoms with Crippen LogP contribution in [0.15, 0.2) is 47.2 Å². The number of carbonyl (C=O) groups excluding carboxylic acids is 1. The fourth-order valence-corrected chi connectivity index (χ4v) is 4.30. The van der Waals surface area contributed by atoms with Crippen LogP contribution in [0.5, 0.6) is 5.75 Å². The van der Waals surface area contributed by atoms with Gasteiger partial charge in [-0.15, -0.1) is 0 Å². The lowest BCUT2D eigenvalue weighted by Gasteiger charge is -2.15. The summed E-state index contributed by atoms with van der Waals surface area (Å²) < 4.78 is 59.2. The third-order valence-corrected chi connectivity index (χ3v) is 5.86. The zero-order valence-corrected chi connectivity index (χ0v) is 19.1. The number of carbonyl (C=O) groups is 1. The van der Waals surface area contributed by atoms with Gasteiger partial charge in [0.25, 0.3) is 18.8 Å². The number of ether oxygens (including phenoxy) is 1. The van der Waals surface area contributed by atoms with E-state index >= 15 is 0 Å². The van der Waals surface area contributed by atoms with E-state index in [-0.39, 0.29) is 38.7 Å². The van der Waals surface area contributed by atoms with E-state index in [9.17, 15) is 22.4 Å². The summed E-state index contributed by atoms with van der Waals surface area (Å²) >= 11 is 4.27. The molecule has 0 aliphatic heterocycles. The summed E-state index contributed by atoms with van der Waals surface area (Å²) in [6, 6.07) is 6.99. The van der Waals surface area contributed by atoms with E-state index in [1.54, 1.807) is 0 Å². The predicted molar refractivity (Wildman–Crippen MR) is 119 cm³/mol. The predicted octanol–water partition coefficient (Wildman–Crippen LogP) is 6.65. The highest BCUT2D eigenvalue weighted by atomic mass is 79.9. The van der Waals surface area contributed by atoms with Crippen molar-refractivity contribution in [1.29, 1.82) is 0 Å². The molecule has 1 N–H and O–H groups in total. The molecule has 0 spiro atoms. The standard InChI is InChI=1S/C21H13BrF4N4O2S/c1-32-14-5-3-10(17(25)26)7-13(14)12-6-9(16(23)24)2-4-11(12)19(31)30-21-29-18-20(33-21)28-15(22)8-27-18/h2-8,16-17H,1H3,(H,27,29,30,31). The van der Waals surface area contributed by atoms with Crippen LogP contribution in [0.25, 0.3) is 21.6 Å². The monoisotopic (exact) mass is 540 g/mol. The molecule has 4 rings (SSSR count). The Morgan fingerprint density at radius 1 is 1.03 bits per heavy atom. The highest BCUT2D eigenvalue weighted by molar-refractivity contribution is 9.10. The van der Waals surface area contributed by atoms with Crippen LogP contribution in [0.2, 0.25) is 0 Å². The number of amides is 1. The molecule has 2 aromatic heterocycles. The quantitative estimate of drug-likeness (QED) is 0.277. The van der Waals surface area contributed by atoms with Gasteiger partial charge >= 0.3 is 0 Å². The fourth-order valence-electron chi connectivity index (χ4n) is 3.11. The van der Waals surface area contributed by atoms with Crippen LogP contribution in [0.1, 0.15) is 34.3 Å². The maximum atomic E-state index is 13.4. The topological polar surface area (TPSA) is 77.0 Å². The second kappa shape index (κ2) is 9.40. The van der Waals surface area contributed by atoms with Gasteiger partial charge in [0.2, 0.25) is 0 Å².